The molecule has 1 amide bonds. The van der Waals surface area contributed by atoms with Crippen molar-refractivity contribution in [2.45, 2.75) is 50.3 Å². The van der Waals surface area contributed by atoms with Crippen molar-refractivity contribution in [3.05, 3.63) is 16.8 Å². The Kier molecular flexibility index (Phi) is 4.68. The maximum Gasteiger partial charge on any atom is 0.235 e. The van der Waals surface area contributed by atoms with Gasteiger partial charge in [0.25, 0.3) is 0 Å². The van der Waals surface area contributed by atoms with Gasteiger partial charge in [-0.25, -0.2) is 9.97 Å². The summed E-state index contributed by atoms with van der Waals surface area (Å²) in [5, 5.41) is 1.94. The molecular weight excluding hydrogens is 314 g/mol. The van der Waals surface area contributed by atoms with Gasteiger partial charge in [0, 0.05) is 23.4 Å². The maximum atomic E-state index is 12.5. The van der Waals surface area contributed by atoms with E-state index in [0.717, 1.165) is 53.4 Å². The number of hydrogen-bond acceptors (Lipinski definition) is 5. The second-order valence-electron chi connectivity index (χ2n) is 5.65. The molecule has 118 valence electrons. The third kappa shape index (κ3) is 3.13. The highest BCUT2D eigenvalue weighted by molar-refractivity contribution is 8.00. The van der Waals surface area contributed by atoms with E-state index in [2.05, 4.69) is 23.0 Å². The lowest BCUT2D eigenvalue weighted by atomic mass is 10.3. The first-order chi connectivity index (χ1) is 10.6. The predicted molar refractivity (Wildman–Crippen MR) is 92.7 cm³/mol. The minimum Gasteiger partial charge on any atom is -0.342 e. The Hall–Kier alpha value is -1.14. The number of likely N-dealkylation sites (tertiary alicyclic amines) is 1. The van der Waals surface area contributed by atoms with Gasteiger partial charge in [-0.15, -0.1) is 11.3 Å². The average molecular weight is 335 g/mol. The summed E-state index contributed by atoms with van der Waals surface area (Å²) in [5.41, 5.74) is 0. The van der Waals surface area contributed by atoms with Crippen LogP contribution in [0.4, 0.5) is 0 Å². The van der Waals surface area contributed by atoms with Gasteiger partial charge in [0.1, 0.15) is 15.7 Å². The number of nitrogens with zero attached hydrogens (tertiary/aromatic N) is 3. The Labute approximate surface area is 139 Å². The molecule has 0 aliphatic carbocycles. The van der Waals surface area contributed by atoms with E-state index in [-0.39, 0.29) is 11.2 Å². The second-order valence-corrected chi connectivity index (χ2v) is 8.10. The van der Waals surface area contributed by atoms with Crippen LogP contribution in [-0.4, -0.2) is 39.1 Å². The number of thioether (sulfide) groups is 1. The lowest BCUT2D eigenvalue weighted by molar-refractivity contribution is -0.129. The maximum absolute atomic E-state index is 12.5. The molecular formula is C16H21N3OS2. The Balaban J connectivity index is 1.85. The molecule has 0 radical (unpaired) electrons. The van der Waals surface area contributed by atoms with E-state index in [1.165, 1.54) is 4.88 Å². The van der Waals surface area contributed by atoms with Gasteiger partial charge in [0.2, 0.25) is 5.91 Å². The third-order valence-electron chi connectivity index (χ3n) is 3.92. The first-order valence-corrected chi connectivity index (χ1v) is 9.50. The molecule has 0 saturated carbocycles. The number of aromatic nitrogens is 2. The molecule has 2 aromatic heterocycles. The van der Waals surface area contributed by atoms with Gasteiger partial charge in [-0.2, -0.15) is 0 Å². The van der Waals surface area contributed by atoms with Crippen LogP contribution >= 0.6 is 23.1 Å². The normalized spacial score (nSPS) is 16.4. The molecule has 0 N–H and O–H groups in total. The molecule has 6 heteroatoms. The largest absolute Gasteiger partial charge is 0.342 e. The van der Waals surface area contributed by atoms with Gasteiger partial charge < -0.3 is 4.90 Å². The van der Waals surface area contributed by atoms with Gasteiger partial charge in [-0.1, -0.05) is 18.7 Å². The van der Waals surface area contributed by atoms with Crippen LogP contribution in [0.15, 0.2) is 11.1 Å². The Morgan fingerprint density at radius 3 is 2.82 bits per heavy atom. The molecule has 4 nitrogen and oxygen atoms in total. The lowest BCUT2D eigenvalue weighted by Crippen LogP contribution is -2.34. The van der Waals surface area contributed by atoms with Gasteiger partial charge in [-0.3, -0.25) is 4.79 Å². The summed E-state index contributed by atoms with van der Waals surface area (Å²) in [6, 6.07) is 2.18. The Morgan fingerprint density at radius 2 is 2.14 bits per heavy atom. The van der Waals surface area contributed by atoms with E-state index < -0.39 is 0 Å². The first kappa shape index (κ1) is 15.7. The van der Waals surface area contributed by atoms with Crippen LogP contribution in [0, 0.1) is 6.92 Å². The minimum atomic E-state index is -0.0967. The smallest absolute Gasteiger partial charge is 0.235 e. The third-order valence-corrected chi connectivity index (χ3v) is 6.19. The van der Waals surface area contributed by atoms with Crippen LogP contribution in [-0.2, 0) is 11.2 Å². The fourth-order valence-electron chi connectivity index (χ4n) is 2.72. The lowest BCUT2D eigenvalue weighted by Gasteiger charge is -2.19. The Bertz CT molecular complexity index is 692. The van der Waals surface area contributed by atoms with Gasteiger partial charge in [0.05, 0.1) is 5.25 Å². The molecule has 0 aromatic carbocycles. The molecule has 0 bridgehead atoms. The molecule has 22 heavy (non-hydrogen) atoms. The van der Waals surface area contributed by atoms with Gasteiger partial charge >= 0.3 is 0 Å². The molecule has 1 atom stereocenters. The number of amides is 1. The van der Waals surface area contributed by atoms with Crippen LogP contribution < -0.4 is 0 Å². The molecule has 1 aliphatic rings. The number of aryl methyl sites for hydroxylation is 2. The summed E-state index contributed by atoms with van der Waals surface area (Å²) >= 11 is 3.30. The number of hydrogen-bond donors (Lipinski definition) is 0. The molecule has 3 heterocycles. The van der Waals surface area contributed by atoms with Crippen molar-refractivity contribution in [1.82, 2.24) is 14.9 Å². The average Bonchev–Trinajstić information content (AvgIpc) is 3.15. The molecule has 1 unspecified atom stereocenters. The molecule has 0 spiro atoms. The molecule has 2 aromatic rings. The van der Waals surface area contributed by atoms with Crippen LogP contribution in [0.1, 0.15) is 37.4 Å². The summed E-state index contributed by atoms with van der Waals surface area (Å²) in [4.78, 5) is 25.9. The summed E-state index contributed by atoms with van der Waals surface area (Å²) in [5.74, 6) is 1.01. The SMILES string of the molecule is CCc1cc2c(SC(C)C(=O)N3CCCC3)nc(C)nc2s1. The quantitative estimate of drug-likeness (QED) is 0.632. The van der Waals surface area contributed by atoms with E-state index >= 15 is 0 Å². The number of thiophene rings is 1. The van der Waals surface area contributed by atoms with Crippen LogP contribution in [0.3, 0.4) is 0 Å². The van der Waals surface area contributed by atoms with Crippen molar-refractivity contribution < 1.29 is 4.79 Å². The van der Waals surface area contributed by atoms with Crippen molar-refractivity contribution in [2.24, 2.45) is 0 Å². The number of carbonyl (C=O) groups is 1. The highest BCUT2D eigenvalue weighted by atomic mass is 32.2. The standard InChI is InChI=1S/C16H21N3OS2/c1-4-12-9-13-14(17-11(3)18-15(13)22-12)21-10(2)16(20)19-7-5-6-8-19/h9-10H,4-8H2,1-3H3. The van der Waals surface area contributed by atoms with E-state index in [1.807, 2.05) is 18.7 Å². The van der Waals surface area contributed by atoms with Crippen LogP contribution in [0.2, 0.25) is 0 Å². The summed E-state index contributed by atoms with van der Waals surface area (Å²) in [7, 11) is 0. The summed E-state index contributed by atoms with van der Waals surface area (Å²) in [6.45, 7) is 7.86. The van der Waals surface area contributed by atoms with Crippen molar-refractivity contribution in [3.8, 4) is 0 Å². The molecule has 1 saturated heterocycles. The molecule has 1 aliphatic heterocycles. The highest BCUT2D eigenvalue weighted by Crippen LogP contribution is 2.34. The topological polar surface area (TPSA) is 46.1 Å². The van der Waals surface area contributed by atoms with Crippen molar-refractivity contribution in [1.29, 1.82) is 0 Å². The fraction of sp³-hybridized carbons (Fsp3) is 0.562. The minimum absolute atomic E-state index is 0.0967. The fourth-order valence-corrected chi connectivity index (χ4v) is 4.85. The van der Waals surface area contributed by atoms with Crippen LogP contribution in [0.5, 0.6) is 0 Å². The first-order valence-electron chi connectivity index (χ1n) is 7.81. The second kappa shape index (κ2) is 6.54. The van der Waals surface area contributed by atoms with Crippen LogP contribution in [0.25, 0.3) is 10.2 Å². The highest BCUT2D eigenvalue weighted by Gasteiger charge is 2.25. The zero-order valence-electron chi connectivity index (χ0n) is 13.3. The zero-order chi connectivity index (χ0) is 15.7. The monoisotopic (exact) mass is 335 g/mol. The van der Waals surface area contributed by atoms with Gasteiger partial charge in [-0.05, 0) is 39.2 Å². The number of carbonyl (C=O) groups excluding carboxylic acids is 1. The Morgan fingerprint density at radius 1 is 1.41 bits per heavy atom. The summed E-state index contributed by atoms with van der Waals surface area (Å²) < 4.78 is 0. The molecule has 3 rings (SSSR count). The zero-order valence-corrected chi connectivity index (χ0v) is 14.9. The van der Waals surface area contributed by atoms with Crippen molar-refractivity contribution >= 4 is 39.2 Å². The van der Waals surface area contributed by atoms with Gasteiger partial charge in [0.15, 0.2) is 0 Å². The predicted octanol–water partition coefficient (Wildman–Crippen LogP) is 3.67. The van der Waals surface area contributed by atoms with E-state index in [0.29, 0.717) is 0 Å². The van der Waals surface area contributed by atoms with Crippen molar-refractivity contribution in [2.75, 3.05) is 13.1 Å². The van der Waals surface area contributed by atoms with Crippen molar-refractivity contribution in [3.63, 3.8) is 0 Å². The molecule has 1 fully saturated rings. The van der Waals surface area contributed by atoms with E-state index in [9.17, 15) is 4.79 Å². The number of rotatable bonds is 4. The summed E-state index contributed by atoms with van der Waals surface area (Å²) in [6.07, 6.45) is 3.27. The number of fused-ring (bicyclic) bond motifs is 1. The van der Waals surface area contributed by atoms with E-state index in [4.69, 9.17) is 0 Å². The van der Waals surface area contributed by atoms with E-state index in [1.54, 1.807) is 23.1 Å².